The van der Waals surface area contributed by atoms with Crippen molar-refractivity contribution in [1.29, 1.82) is 5.41 Å². The van der Waals surface area contributed by atoms with Gasteiger partial charge in [-0.2, -0.15) is 0 Å². The summed E-state index contributed by atoms with van der Waals surface area (Å²) in [6, 6.07) is 3.11. The summed E-state index contributed by atoms with van der Waals surface area (Å²) >= 11 is 0. The van der Waals surface area contributed by atoms with Crippen molar-refractivity contribution in [2.24, 2.45) is 0 Å². The maximum absolute atomic E-state index is 9.55. The van der Waals surface area contributed by atoms with Gasteiger partial charge in [-0.05, 0) is 30.7 Å². The van der Waals surface area contributed by atoms with E-state index in [1.807, 2.05) is 0 Å². The standard InChI is InChI=1S/C11H13NO2/c1-3-8-9(7(2)6-12)4-5-10(13)11(8)14/h3-6,12-14H,1-2H3/b8-3+,9-7-,12-6?. The maximum atomic E-state index is 9.55. The van der Waals surface area contributed by atoms with E-state index in [1.54, 1.807) is 26.0 Å². The van der Waals surface area contributed by atoms with Crippen LogP contribution in [0.3, 0.4) is 0 Å². The largest absolute Gasteiger partial charge is 0.504 e. The first-order valence-corrected chi connectivity index (χ1v) is 4.30. The molecule has 74 valence electrons. The molecule has 3 heteroatoms. The summed E-state index contributed by atoms with van der Waals surface area (Å²) in [6.07, 6.45) is 2.93. The summed E-state index contributed by atoms with van der Waals surface area (Å²) in [5.41, 5.74) is 0.744. The van der Waals surface area contributed by atoms with E-state index in [0.717, 1.165) is 10.8 Å². The molecule has 0 unspecified atom stereocenters. The number of hydrogen-bond donors (Lipinski definition) is 3. The molecule has 0 saturated heterocycles. The van der Waals surface area contributed by atoms with Crippen LogP contribution in [0.25, 0.3) is 11.6 Å². The molecule has 0 fully saturated rings. The van der Waals surface area contributed by atoms with Crippen molar-refractivity contribution in [3.63, 3.8) is 0 Å². The van der Waals surface area contributed by atoms with Crippen LogP contribution in [-0.4, -0.2) is 16.4 Å². The van der Waals surface area contributed by atoms with E-state index in [9.17, 15) is 10.2 Å². The summed E-state index contributed by atoms with van der Waals surface area (Å²) in [5, 5.41) is 27.3. The molecule has 0 heterocycles. The van der Waals surface area contributed by atoms with Crippen LogP contribution in [0.1, 0.15) is 13.8 Å². The minimum atomic E-state index is -0.139. The summed E-state index contributed by atoms with van der Waals surface area (Å²) in [7, 11) is 0. The van der Waals surface area contributed by atoms with Gasteiger partial charge in [0, 0.05) is 11.4 Å². The molecule has 1 aromatic rings. The lowest BCUT2D eigenvalue weighted by atomic mass is 10.1. The normalized spacial score (nSPS) is 14.0. The van der Waals surface area contributed by atoms with Crippen molar-refractivity contribution in [3.05, 3.63) is 22.6 Å². The van der Waals surface area contributed by atoms with Gasteiger partial charge in [0.1, 0.15) is 0 Å². The zero-order valence-corrected chi connectivity index (χ0v) is 8.20. The Kier molecular flexibility index (Phi) is 2.92. The highest BCUT2D eigenvalue weighted by Crippen LogP contribution is 2.16. The fourth-order valence-corrected chi connectivity index (χ4v) is 1.31. The number of aromatic hydroxyl groups is 2. The Bertz CT molecular complexity index is 475. The van der Waals surface area contributed by atoms with E-state index in [-0.39, 0.29) is 11.5 Å². The van der Waals surface area contributed by atoms with Gasteiger partial charge in [-0.3, -0.25) is 0 Å². The Morgan fingerprint density at radius 1 is 1.36 bits per heavy atom. The van der Waals surface area contributed by atoms with Crippen LogP contribution in [0.5, 0.6) is 11.5 Å². The third kappa shape index (κ3) is 1.62. The smallest absolute Gasteiger partial charge is 0.165 e. The minimum absolute atomic E-state index is 0.133. The molecule has 3 N–H and O–H groups in total. The maximum Gasteiger partial charge on any atom is 0.165 e. The Hall–Kier alpha value is -1.77. The molecule has 14 heavy (non-hydrogen) atoms. The molecular weight excluding hydrogens is 178 g/mol. The van der Waals surface area contributed by atoms with Crippen molar-refractivity contribution in [2.45, 2.75) is 13.8 Å². The lowest BCUT2D eigenvalue weighted by Gasteiger charge is -2.00. The summed E-state index contributed by atoms with van der Waals surface area (Å²) in [4.78, 5) is 0. The van der Waals surface area contributed by atoms with E-state index in [4.69, 9.17) is 5.41 Å². The quantitative estimate of drug-likeness (QED) is 0.452. The zero-order valence-electron chi connectivity index (χ0n) is 8.20. The molecule has 1 rings (SSSR count). The van der Waals surface area contributed by atoms with Gasteiger partial charge < -0.3 is 15.6 Å². The second kappa shape index (κ2) is 3.96. The van der Waals surface area contributed by atoms with Crippen molar-refractivity contribution >= 4 is 17.9 Å². The van der Waals surface area contributed by atoms with Gasteiger partial charge in [0.05, 0.1) is 0 Å². The number of benzene rings is 1. The van der Waals surface area contributed by atoms with Gasteiger partial charge in [0.15, 0.2) is 11.5 Å². The van der Waals surface area contributed by atoms with Gasteiger partial charge >= 0.3 is 0 Å². The Balaban J connectivity index is 3.83. The fraction of sp³-hybridized carbons (Fsp3) is 0.182. The molecule has 0 aliphatic rings. The van der Waals surface area contributed by atoms with Gasteiger partial charge in [-0.25, -0.2) is 0 Å². The van der Waals surface area contributed by atoms with E-state index >= 15 is 0 Å². The molecule has 3 nitrogen and oxygen atoms in total. The highest BCUT2D eigenvalue weighted by Gasteiger charge is 2.01. The van der Waals surface area contributed by atoms with Crippen LogP contribution in [-0.2, 0) is 0 Å². The predicted molar refractivity (Wildman–Crippen MR) is 57.0 cm³/mol. The van der Waals surface area contributed by atoms with Crippen molar-refractivity contribution in [3.8, 4) is 11.5 Å². The van der Waals surface area contributed by atoms with Crippen molar-refractivity contribution < 1.29 is 10.2 Å². The van der Waals surface area contributed by atoms with Crippen LogP contribution in [0.15, 0.2) is 12.1 Å². The van der Waals surface area contributed by atoms with E-state index in [2.05, 4.69) is 0 Å². The first-order valence-electron chi connectivity index (χ1n) is 4.30. The van der Waals surface area contributed by atoms with E-state index < -0.39 is 0 Å². The van der Waals surface area contributed by atoms with Gasteiger partial charge in [0.25, 0.3) is 0 Å². The van der Waals surface area contributed by atoms with E-state index in [1.165, 1.54) is 12.3 Å². The van der Waals surface area contributed by atoms with Crippen LogP contribution in [0.2, 0.25) is 0 Å². The van der Waals surface area contributed by atoms with Crippen LogP contribution in [0, 0.1) is 5.41 Å². The predicted octanol–water partition coefficient (Wildman–Crippen LogP) is 0.718. The summed E-state index contributed by atoms with van der Waals surface area (Å²) in [5.74, 6) is -0.272. The fourth-order valence-electron chi connectivity index (χ4n) is 1.31. The first-order chi connectivity index (χ1) is 6.61. The Morgan fingerprint density at radius 2 is 2.00 bits per heavy atom. The lowest BCUT2D eigenvalue weighted by Crippen LogP contribution is -2.26. The summed E-state index contributed by atoms with van der Waals surface area (Å²) < 4.78 is 0. The Morgan fingerprint density at radius 3 is 2.50 bits per heavy atom. The molecule has 0 aliphatic carbocycles. The van der Waals surface area contributed by atoms with E-state index in [0.29, 0.717) is 5.22 Å². The lowest BCUT2D eigenvalue weighted by molar-refractivity contribution is 0.400. The zero-order chi connectivity index (χ0) is 10.7. The monoisotopic (exact) mass is 191 g/mol. The van der Waals surface area contributed by atoms with Gasteiger partial charge in [-0.15, -0.1) is 0 Å². The third-order valence-corrected chi connectivity index (χ3v) is 2.13. The summed E-state index contributed by atoms with van der Waals surface area (Å²) in [6.45, 7) is 3.56. The molecule has 0 radical (unpaired) electrons. The molecule has 0 atom stereocenters. The topological polar surface area (TPSA) is 64.3 Å². The molecule has 0 saturated carbocycles. The number of rotatable bonds is 1. The molecule has 1 aromatic carbocycles. The van der Waals surface area contributed by atoms with Gasteiger partial charge in [-0.1, -0.05) is 12.1 Å². The Labute approximate surface area is 82.2 Å². The highest BCUT2D eigenvalue weighted by molar-refractivity contribution is 5.99. The second-order valence-corrected chi connectivity index (χ2v) is 3.01. The van der Waals surface area contributed by atoms with Crippen LogP contribution in [0.4, 0.5) is 0 Å². The average Bonchev–Trinajstić information content (AvgIpc) is 2.20. The first kappa shape index (κ1) is 10.3. The molecule has 0 aliphatic heterocycles. The van der Waals surface area contributed by atoms with Crippen LogP contribution >= 0.6 is 0 Å². The molecule has 0 aromatic heterocycles. The molecule has 0 spiro atoms. The third-order valence-electron chi connectivity index (χ3n) is 2.13. The van der Waals surface area contributed by atoms with Crippen molar-refractivity contribution in [2.75, 3.05) is 0 Å². The highest BCUT2D eigenvalue weighted by atomic mass is 16.3. The average molecular weight is 191 g/mol. The SMILES string of the molecule is C/C=c1/c(O)c(O)cc/c1=C(\C)C=N. The number of hydrogen-bond acceptors (Lipinski definition) is 3. The molecule has 0 bridgehead atoms. The number of phenolic OH excluding ortho intramolecular Hbond substituents is 2. The molecular formula is C11H13NO2. The second-order valence-electron chi connectivity index (χ2n) is 3.01. The van der Waals surface area contributed by atoms with Crippen molar-refractivity contribution in [1.82, 2.24) is 0 Å². The molecule has 0 amide bonds. The minimum Gasteiger partial charge on any atom is -0.504 e. The van der Waals surface area contributed by atoms with Gasteiger partial charge in [0.2, 0.25) is 0 Å². The van der Waals surface area contributed by atoms with Crippen LogP contribution < -0.4 is 10.4 Å². The number of nitrogens with one attached hydrogen (secondary N) is 1. The number of phenols is 2.